The lowest BCUT2D eigenvalue weighted by molar-refractivity contribution is -0.184. The Morgan fingerprint density at radius 1 is 0.961 bits per heavy atom. The van der Waals surface area contributed by atoms with E-state index in [1.165, 1.54) is 12.1 Å². The molecular weight excluding hydrogens is 691 g/mol. The lowest BCUT2D eigenvalue weighted by Crippen LogP contribution is -2.38. The average molecular weight is 739 g/mol. The smallest absolute Gasteiger partial charge is 0.366 e. The summed E-state index contributed by atoms with van der Waals surface area (Å²) in [6.07, 6.45) is 0.181. The Morgan fingerprint density at radius 2 is 1.55 bits per heavy atom. The van der Waals surface area contributed by atoms with Crippen LogP contribution in [0.25, 0.3) is 0 Å². The van der Waals surface area contributed by atoms with Gasteiger partial charge in [-0.25, -0.2) is 8.42 Å². The second-order valence-electron chi connectivity index (χ2n) is 14.3. The molecule has 14 heteroatoms. The Balaban J connectivity index is 1.23. The van der Waals surface area contributed by atoms with Gasteiger partial charge in [0, 0.05) is 37.4 Å². The van der Waals surface area contributed by atoms with Crippen molar-refractivity contribution in [1.82, 2.24) is 10.2 Å². The minimum Gasteiger partial charge on any atom is -0.366 e. The number of hydrogen-bond donors (Lipinski definition) is 1. The largest absolute Gasteiger partial charge is 0.391 e. The summed E-state index contributed by atoms with van der Waals surface area (Å²) in [5, 5.41) is 12.3. The van der Waals surface area contributed by atoms with Crippen LogP contribution in [0, 0.1) is 35.0 Å². The average Bonchev–Trinajstić information content (AvgIpc) is 3.83. The molecule has 2 aromatic rings. The molecule has 1 saturated heterocycles. The van der Waals surface area contributed by atoms with Crippen molar-refractivity contribution < 1.29 is 39.9 Å². The Hall–Kier alpha value is -3.28. The fourth-order valence-corrected chi connectivity index (χ4v) is 8.44. The molecule has 0 aromatic heterocycles. The summed E-state index contributed by atoms with van der Waals surface area (Å²) in [5.74, 6) is -0.753. The molecule has 1 N–H and O–H groups in total. The topological polar surface area (TPSA) is 103 Å². The van der Waals surface area contributed by atoms with Crippen LogP contribution >= 0.6 is 0 Å². The van der Waals surface area contributed by atoms with Gasteiger partial charge in [-0.2, -0.15) is 27.2 Å². The highest BCUT2D eigenvalue weighted by Crippen LogP contribution is 2.41. The number of anilines is 1. The van der Waals surface area contributed by atoms with Crippen molar-refractivity contribution in [2.75, 3.05) is 43.4 Å². The molecule has 1 unspecified atom stereocenters. The van der Waals surface area contributed by atoms with Gasteiger partial charge in [0.2, 0.25) is 0 Å². The second kappa shape index (κ2) is 17.0. The molecule has 51 heavy (non-hydrogen) atoms. The van der Waals surface area contributed by atoms with Gasteiger partial charge in [-0.1, -0.05) is 19.1 Å². The van der Waals surface area contributed by atoms with Gasteiger partial charge >= 0.3 is 12.8 Å². The van der Waals surface area contributed by atoms with E-state index in [9.17, 15) is 40.4 Å². The summed E-state index contributed by atoms with van der Waals surface area (Å²) in [4.78, 5) is 17.8. The van der Waals surface area contributed by atoms with E-state index in [1.807, 2.05) is 4.90 Å². The highest BCUT2D eigenvalue weighted by Gasteiger charge is 2.42. The zero-order valence-electron chi connectivity index (χ0n) is 28.8. The maximum Gasteiger partial charge on any atom is 0.391 e. The first kappa shape index (κ1) is 38.9. The molecule has 2 aromatic carbocycles. The van der Waals surface area contributed by atoms with E-state index >= 15 is 0 Å². The number of nitrogens with zero attached hydrogens (tertiary/aromatic N) is 3. The van der Waals surface area contributed by atoms with Crippen LogP contribution < -0.4 is 10.2 Å². The summed E-state index contributed by atoms with van der Waals surface area (Å²) in [6, 6.07) is 14.0. The number of ether oxygens (including phenoxy) is 1. The molecule has 1 aliphatic heterocycles. The third kappa shape index (κ3) is 10.9. The number of nitriles is 1. The van der Waals surface area contributed by atoms with Crippen LogP contribution in [0.3, 0.4) is 0 Å². The molecule has 2 saturated carbocycles. The van der Waals surface area contributed by atoms with Gasteiger partial charge in [-0.05, 0) is 105 Å². The summed E-state index contributed by atoms with van der Waals surface area (Å²) >= 11 is 0. The third-order valence-electron chi connectivity index (χ3n) is 10.6. The molecule has 0 bridgehead atoms. The first-order valence-electron chi connectivity index (χ1n) is 17.8. The van der Waals surface area contributed by atoms with E-state index < -0.39 is 40.5 Å². The second-order valence-corrected chi connectivity index (χ2v) is 16.6. The predicted molar refractivity (Wildman–Crippen MR) is 183 cm³/mol. The SMILES string of the molecule is CCS(=O)(=O)c1ccc([C@H](CC#N)NC(=O)c2ccc(N3CC(CN(CC4CC4)C[C@H]4CC[C@H](C(F)(F)F)CC4)C[C@H]3COC(F)F)cc2)cc1. The number of alkyl halides is 5. The summed E-state index contributed by atoms with van der Waals surface area (Å²) in [7, 11) is -3.40. The number of benzene rings is 2. The van der Waals surface area contributed by atoms with E-state index in [0.29, 0.717) is 42.9 Å². The van der Waals surface area contributed by atoms with Gasteiger partial charge in [0.05, 0.1) is 47.7 Å². The molecule has 3 aliphatic rings. The number of amides is 1. The van der Waals surface area contributed by atoms with E-state index in [1.54, 1.807) is 43.3 Å². The lowest BCUT2D eigenvalue weighted by Gasteiger charge is -2.34. The minimum atomic E-state index is -4.14. The minimum absolute atomic E-state index is 0.0305. The maximum atomic E-state index is 13.3. The molecule has 0 spiro atoms. The normalized spacial score (nSPS) is 23.4. The summed E-state index contributed by atoms with van der Waals surface area (Å²) in [6.45, 7) is 1.42. The van der Waals surface area contributed by atoms with Crippen molar-refractivity contribution in [3.05, 3.63) is 59.7 Å². The summed E-state index contributed by atoms with van der Waals surface area (Å²) < 4.78 is 95.2. The highest BCUT2D eigenvalue weighted by atomic mass is 32.2. The van der Waals surface area contributed by atoms with Gasteiger partial charge in [0.25, 0.3) is 5.91 Å². The zero-order valence-corrected chi connectivity index (χ0v) is 29.6. The number of carbonyl (C=O) groups is 1. The number of sulfone groups is 1. The maximum absolute atomic E-state index is 13.3. The van der Waals surface area contributed by atoms with Crippen molar-refractivity contribution >= 4 is 21.4 Å². The van der Waals surface area contributed by atoms with Crippen LogP contribution in [0.4, 0.5) is 27.6 Å². The van der Waals surface area contributed by atoms with Gasteiger partial charge < -0.3 is 19.9 Å². The molecule has 280 valence electrons. The fraction of sp³-hybridized carbons (Fsp3) is 0.622. The number of carbonyl (C=O) groups excluding carboxylic acids is 1. The third-order valence-corrected chi connectivity index (χ3v) is 12.3. The number of nitrogens with one attached hydrogen (secondary N) is 1. The Morgan fingerprint density at radius 3 is 2.08 bits per heavy atom. The van der Waals surface area contributed by atoms with Crippen LogP contribution in [0.2, 0.25) is 0 Å². The molecule has 5 rings (SSSR count). The van der Waals surface area contributed by atoms with Gasteiger partial charge in [-0.15, -0.1) is 0 Å². The van der Waals surface area contributed by atoms with Gasteiger partial charge in [0.15, 0.2) is 9.84 Å². The first-order valence-corrected chi connectivity index (χ1v) is 19.5. The van der Waals surface area contributed by atoms with Crippen LogP contribution in [-0.4, -0.2) is 76.6 Å². The first-order chi connectivity index (χ1) is 24.2. The highest BCUT2D eigenvalue weighted by molar-refractivity contribution is 7.91. The molecule has 0 radical (unpaired) electrons. The van der Waals surface area contributed by atoms with Gasteiger partial charge in [0.1, 0.15) is 0 Å². The fourth-order valence-electron chi connectivity index (χ4n) is 7.56. The molecule has 3 atom stereocenters. The molecule has 1 amide bonds. The van der Waals surface area contributed by atoms with Crippen molar-refractivity contribution in [3.8, 4) is 6.07 Å². The van der Waals surface area contributed by atoms with Crippen LogP contribution in [-0.2, 0) is 14.6 Å². The van der Waals surface area contributed by atoms with Crippen LogP contribution in [0.1, 0.15) is 80.3 Å². The Labute approximate surface area is 297 Å². The van der Waals surface area contributed by atoms with Crippen molar-refractivity contribution in [1.29, 1.82) is 5.26 Å². The van der Waals surface area contributed by atoms with Crippen molar-refractivity contribution in [2.24, 2.45) is 23.7 Å². The Bertz CT molecular complexity index is 1590. The predicted octanol–water partition coefficient (Wildman–Crippen LogP) is 7.38. The molecule has 8 nitrogen and oxygen atoms in total. The van der Waals surface area contributed by atoms with E-state index in [-0.39, 0.29) is 54.4 Å². The summed E-state index contributed by atoms with van der Waals surface area (Å²) in [5.41, 5.74) is 1.67. The zero-order chi connectivity index (χ0) is 36.8. The van der Waals surface area contributed by atoms with Gasteiger partial charge in [-0.3, -0.25) is 4.79 Å². The molecule has 2 aliphatic carbocycles. The lowest BCUT2D eigenvalue weighted by atomic mass is 9.81. The Kier molecular flexibility index (Phi) is 13.0. The molecular formula is C37H47F5N4O4S. The number of hydrogen-bond acceptors (Lipinski definition) is 7. The standard InChI is InChI=1S/C37H47F5N4O4S/c1-2-51(48,49)33-15-9-28(10-16-33)34(17-18-43)44-35(47)29-7-13-31(14-8-29)46-23-27(19-32(46)24-50-36(38)39)22-45(20-25-3-4-25)21-26-5-11-30(12-6-26)37(40,41)42/h7-10,13-16,25-27,30,32,34,36H,2-6,11-12,17,19-24H2,1H3,(H,44,47)/t26-,27?,30-,32-,34-/m0/s1. The number of halogens is 5. The van der Waals surface area contributed by atoms with E-state index in [4.69, 9.17) is 4.74 Å². The van der Waals surface area contributed by atoms with E-state index in [2.05, 4.69) is 16.3 Å². The van der Waals surface area contributed by atoms with Crippen molar-refractivity contribution in [2.45, 2.75) is 88.1 Å². The van der Waals surface area contributed by atoms with Crippen LogP contribution in [0.15, 0.2) is 53.4 Å². The quantitative estimate of drug-likeness (QED) is 0.179. The molecule has 1 heterocycles. The van der Waals surface area contributed by atoms with E-state index in [0.717, 1.165) is 38.2 Å². The number of rotatable bonds is 16. The van der Waals surface area contributed by atoms with Crippen LogP contribution in [0.5, 0.6) is 0 Å². The molecule has 3 fully saturated rings. The van der Waals surface area contributed by atoms with Crippen molar-refractivity contribution in [3.63, 3.8) is 0 Å². The monoisotopic (exact) mass is 738 g/mol.